The van der Waals surface area contributed by atoms with Crippen LogP contribution in [-0.4, -0.2) is 53.0 Å². The summed E-state index contributed by atoms with van der Waals surface area (Å²) in [4.78, 5) is 39.0. The van der Waals surface area contributed by atoms with Crippen LogP contribution in [0.3, 0.4) is 0 Å². The molecule has 9 heteroatoms. The number of imide groups is 1. The van der Waals surface area contributed by atoms with E-state index in [1.807, 2.05) is 18.2 Å². The summed E-state index contributed by atoms with van der Waals surface area (Å²) in [6, 6.07) is 16.6. The fourth-order valence-corrected chi connectivity index (χ4v) is 4.67. The summed E-state index contributed by atoms with van der Waals surface area (Å²) in [6.45, 7) is 2.52. The lowest BCUT2D eigenvalue weighted by molar-refractivity contribution is -0.122. The van der Waals surface area contributed by atoms with Crippen LogP contribution in [0.5, 0.6) is 0 Å². The molecule has 0 saturated carbocycles. The molecule has 3 N–H and O–H groups in total. The number of hydrogen-bond donors (Lipinski definition) is 3. The van der Waals surface area contributed by atoms with Gasteiger partial charge >= 0.3 is 0 Å². The zero-order valence-corrected chi connectivity index (χ0v) is 21.6. The van der Waals surface area contributed by atoms with Crippen molar-refractivity contribution in [3.63, 3.8) is 0 Å². The SMILES string of the molecule is CCc1cccc(CNC[C@H](O)[C@H](Cc2cc(F)cc(F)c2)NC(=O)CCN2C(=O)c3ccccc3C2=O)c1. The Balaban J connectivity index is 1.39. The van der Waals surface area contributed by atoms with Crippen LogP contribution in [0.25, 0.3) is 0 Å². The van der Waals surface area contributed by atoms with E-state index >= 15 is 0 Å². The topological polar surface area (TPSA) is 98.7 Å². The second kappa shape index (κ2) is 12.7. The highest BCUT2D eigenvalue weighted by atomic mass is 19.1. The number of aliphatic hydroxyl groups is 1. The molecule has 0 fully saturated rings. The molecule has 2 atom stereocenters. The van der Waals surface area contributed by atoms with Crippen molar-refractivity contribution in [3.8, 4) is 0 Å². The monoisotopic (exact) mass is 535 g/mol. The van der Waals surface area contributed by atoms with Gasteiger partial charge in [0.2, 0.25) is 5.91 Å². The smallest absolute Gasteiger partial charge is 0.261 e. The average molecular weight is 536 g/mol. The summed E-state index contributed by atoms with van der Waals surface area (Å²) >= 11 is 0. The maximum absolute atomic E-state index is 13.8. The Kier molecular flexibility index (Phi) is 9.16. The highest BCUT2D eigenvalue weighted by molar-refractivity contribution is 6.21. The number of nitrogens with zero attached hydrogens (tertiary/aromatic N) is 1. The lowest BCUT2D eigenvalue weighted by Crippen LogP contribution is -2.49. The number of carbonyl (C=O) groups excluding carboxylic acids is 3. The van der Waals surface area contributed by atoms with Gasteiger partial charge in [-0.3, -0.25) is 19.3 Å². The summed E-state index contributed by atoms with van der Waals surface area (Å²) < 4.78 is 27.6. The van der Waals surface area contributed by atoms with Gasteiger partial charge in [-0.2, -0.15) is 0 Å². The van der Waals surface area contributed by atoms with Crippen molar-refractivity contribution in [3.05, 3.63) is 106 Å². The van der Waals surface area contributed by atoms with Crippen molar-refractivity contribution in [1.29, 1.82) is 0 Å². The van der Waals surface area contributed by atoms with Crippen molar-refractivity contribution < 1.29 is 28.3 Å². The normalized spacial score (nSPS) is 14.3. The first-order valence-corrected chi connectivity index (χ1v) is 12.9. The van der Waals surface area contributed by atoms with Crippen molar-refractivity contribution in [1.82, 2.24) is 15.5 Å². The largest absolute Gasteiger partial charge is 0.390 e. The van der Waals surface area contributed by atoms with E-state index in [0.29, 0.717) is 17.7 Å². The van der Waals surface area contributed by atoms with Gasteiger partial charge in [-0.1, -0.05) is 43.3 Å². The van der Waals surface area contributed by atoms with Crippen LogP contribution in [-0.2, 0) is 24.2 Å². The van der Waals surface area contributed by atoms with Gasteiger partial charge in [-0.25, -0.2) is 8.78 Å². The van der Waals surface area contributed by atoms with Gasteiger partial charge in [0.15, 0.2) is 0 Å². The average Bonchev–Trinajstić information content (AvgIpc) is 3.15. The number of carbonyl (C=O) groups is 3. The van der Waals surface area contributed by atoms with E-state index in [2.05, 4.69) is 23.6 Å². The minimum absolute atomic E-state index is 0.0262. The molecular formula is C30H31F2N3O4. The number of aryl methyl sites for hydroxylation is 1. The van der Waals surface area contributed by atoms with E-state index in [1.165, 1.54) is 5.56 Å². The van der Waals surface area contributed by atoms with E-state index in [1.54, 1.807) is 24.3 Å². The van der Waals surface area contributed by atoms with Crippen LogP contribution in [0.4, 0.5) is 8.78 Å². The molecule has 1 aliphatic rings. The highest BCUT2D eigenvalue weighted by Crippen LogP contribution is 2.22. The van der Waals surface area contributed by atoms with Crippen LogP contribution in [0.15, 0.2) is 66.7 Å². The summed E-state index contributed by atoms with van der Waals surface area (Å²) in [6.07, 6.45) is -0.408. The van der Waals surface area contributed by atoms with Gasteiger partial charge < -0.3 is 15.7 Å². The molecule has 39 heavy (non-hydrogen) atoms. The molecular weight excluding hydrogens is 504 g/mol. The number of fused-ring (bicyclic) bond motifs is 1. The summed E-state index contributed by atoms with van der Waals surface area (Å²) in [5.41, 5.74) is 3.08. The lowest BCUT2D eigenvalue weighted by atomic mass is 10.00. The lowest BCUT2D eigenvalue weighted by Gasteiger charge is -2.25. The van der Waals surface area contributed by atoms with Gasteiger partial charge in [0, 0.05) is 32.1 Å². The Morgan fingerprint density at radius 1 is 0.897 bits per heavy atom. The first kappa shape index (κ1) is 28.1. The summed E-state index contributed by atoms with van der Waals surface area (Å²) in [7, 11) is 0. The Morgan fingerprint density at radius 3 is 2.18 bits per heavy atom. The molecule has 1 aliphatic heterocycles. The van der Waals surface area contributed by atoms with Crippen LogP contribution < -0.4 is 10.6 Å². The van der Waals surface area contributed by atoms with Gasteiger partial charge in [0.25, 0.3) is 11.8 Å². The first-order chi connectivity index (χ1) is 18.7. The fourth-order valence-electron chi connectivity index (χ4n) is 4.67. The molecule has 3 amide bonds. The molecule has 3 aromatic carbocycles. The fraction of sp³-hybridized carbons (Fsp3) is 0.300. The second-order valence-corrected chi connectivity index (χ2v) is 9.59. The molecule has 0 saturated heterocycles. The number of amides is 3. The van der Waals surface area contributed by atoms with E-state index in [9.17, 15) is 28.3 Å². The van der Waals surface area contributed by atoms with Gasteiger partial charge in [-0.15, -0.1) is 0 Å². The summed E-state index contributed by atoms with van der Waals surface area (Å²) in [5, 5.41) is 16.8. The molecule has 0 unspecified atom stereocenters. The molecule has 0 aromatic heterocycles. The maximum Gasteiger partial charge on any atom is 0.261 e. The van der Waals surface area contributed by atoms with E-state index in [-0.39, 0.29) is 31.5 Å². The van der Waals surface area contributed by atoms with Crippen molar-refractivity contribution in [2.45, 2.75) is 44.9 Å². The zero-order valence-electron chi connectivity index (χ0n) is 21.6. The molecule has 0 radical (unpaired) electrons. The molecule has 0 spiro atoms. The van der Waals surface area contributed by atoms with Crippen LogP contribution in [0.2, 0.25) is 0 Å². The third-order valence-corrected chi connectivity index (χ3v) is 6.71. The Hall–Kier alpha value is -3.95. The van der Waals surface area contributed by atoms with Crippen LogP contribution >= 0.6 is 0 Å². The Bertz CT molecular complexity index is 1310. The van der Waals surface area contributed by atoms with Gasteiger partial charge in [0.05, 0.1) is 23.3 Å². The van der Waals surface area contributed by atoms with E-state index < -0.39 is 41.5 Å². The van der Waals surface area contributed by atoms with Crippen LogP contribution in [0, 0.1) is 11.6 Å². The predicted octanol–water partition coefficient (Wildman–Crippen LogP) is 3.39. The number of nitrogens with one attached hydrogen (secondary N) is 2. The number of halogens is 2. The first-order valence-electron chi connectivity index (χ1n) is 12.9. The standard InChI is InChI=1S/C30H31F2N3O4/c1-2-19-6-5-7-20(12-19)17-33-18-27(36)26(15-21-13-22(31)16-23(32)14-21)34-28(37)10-11-35-29(38)24-8-3-4-9-25(24)30(35)39/h3-9,12-14,16,26-27,33,36H,2,10-11,15,17-18H2,1H3,(H,34,37)/t26-,27-/m0/s1. The van der Waals surface area contributed by atoms with Crippen molar-refractivity contribution >= 4 is 17.7 Å². The third-order valence-electron chi connectivity index (χ3n) is 6.71. The quantitative estimate of drug-likeness (QED) is 0.309. The van der Waals surface area contributed by atoms with Crippen molar-refractivity contribution in [2.24, 2.45) is 0 Å². The van der Waals surface area contributed by atoms with Gasteiger partial charge in [-0.05, 0) is 53.8 Å². The molecule has 3 aromatic rings. The second-order valence-electron chi connectivity index (χ2n) is 9.59. The van der Waals surface area contributed by atoms with E-state index in [0.717, 1.165) is 35.1 Å². The number of rotatable bonds is 12. The highest BCUT2D eigenvalue weighted by Gasteiger charge is 2.35. The number of hydrogen-bond acceptors (Lipinski definition) is 5. The van der Waals surface area contributed by atoms with Crippen molar-refractivity contribution in [2.75, 3.05) is 13.1 Å². The zero-order chi connectivity index (χ0) is 27.9. The Morgan fingerprint density at radius 2 is 1.54 bits per heavy atom. The number of aliphatic hydroxyl groups excluding tert-OH is 1. The maximum atomic E-state index is 13.8. The molecule has 1 heterocycles. The third kappa shape index (κ3) is 7.13. The van der Waals surface area contributed by atoms with Gasteiger partial charge in [0.1, 0.15) is 11.6 Å². The summed E-state index contributed by atoms with van der Waals surface area (Å²) in [5.74, 6) is -2.96. The molecule has 0 bridgehead atoms. The molecule has 204 valence electrons. The molecule has 7 nitrogen and oxygen atoms in total. The minimum Gasteiger partial charge on any atom is -0.390 e. The minimum atomic E-state index is -1.09. The molecule has 0 aliphatic carbocycles. The molecule has 4 rings (SSSR count). The van der Waals surface area contributed by atoms with Crippen LogP contribution in [0.1, 0.15) is 50.8 Å². The number of benzene rings is 3. The predicted molar refractivity (Wildman–Crippen MR) is 142 cm³/mol. The Labute approximate surface area is 225 Å². The van der Waals surface area contributed by atoms with E-state index in [4.69, 9.17) is 0 Å².